The van der Waals surface area contributed by atoms with Crippen LogP contribution in [0.2, 0.25) is 0 Å². The fourth-order valence-corrected chi connectivity index (χ4v) is 2.39. The predicted molar refractivity (Wildman–Crippen MR) is 63.0 cm³/mol. The lowest BCUT2D eigenvalue weighted by atomic mass is 9.86. The Labute approximate surface area is 90.3 Å². The summed E-state index contributed by atoms with van der Waals surface area (Å²) in [6.07, 6.45) is 7.17. The first-order chi connectivity index (χ1) is 6.61. The van der Waals surface area contributed by atoms with Crippen molar-refractivity contribution in [2.45, 2.75) is 50.8 Å². The first-order valence-corrected chi connectivity index (χ1v) is 7.29. The Hall–Kier alpha value is 0.110. The van der Waals surface area contributed by atoms with Crippen molar-refractivity contribution in [3.63, 3.8) is 0 Å². The lowest BCUT2D eigenvalue weighted by Gasteiger charge is -2.30. The Morgan fingerprint density at radius 1 is 1.43 bits per heavy atom. The average molecular weight is 217 g/mol. The molecule has 14 heavy (non-hydrogen) atoms. The zero-order valence-electron chi connectivity index (χ0n) is 9.58. The maximum atomic E-state index is 11.2. The summed E-state index contributed by atoms with van der Waals surface area (Å²) in [5, 5.41) is 3.84. The van der Waals surface area contributed by atoms with Gasteiger partial charge in [0.05, 0.1) is 0 Å². The second-order valence-electron chi connectivity index (χ2n) is 4.59. The van der Waals surface area contributed by atoms with E-state index in [4.69, 9.17) is 0 Å². The largest absolute Gasteiger partial charge is 0.313 e. The normalized spacial score (nSPS) is 32.5. The van der Waals surface area contributed by atoms with Crippen molar-refractivity contribution >= 4 is 10.8 Å². The molecule has 0 radical (unpaired) electrons. The van der Waals surface area contributed by atoms with E-state index in [1.165, 1.54) is 25.7 Å². The van der Waals surface area contributed by atoms with E-state index in [0.717, 1.165) is 12.5 Å². The molecule has 1 aliphatic rings. The summed E-state index contributed by atoms with van der Waals surface area (Å²) in [5.41, 5.74) is 0. The summed E-state index contributed by atoms with van der Waals surface area (Å²) in [6, 6.07) is 0.662. The van der Waals surface area contributed by atoms with Gasteiger partial charge < -0.3 is 5.32 Å². The lowest BCUT2D eigenvalue weighted by Crippen LogP contribution is -2.41. The number of nitrogens with one attached hydrogen (secondary N) is 1. The molecule has 0 heterocycles. The molecule has 1 N–H and O–H groups in total. The van der Waals surface area contributed by atoms with Crippen molar-refractivity contribution in [2.75, 3.05) is 12.8 Å². The molecule has 0 aliphatic heterocycles. The van der Waals surface area contributed by atoms with Gasteiger partial charge in [0.15, 0.2) is 0 Å². The highest BCUT2D eigenvalue weighted by atomic mass is 32.2. The Kier molecular flexibility index (Phi) is 5.10. The van der Waals surface area contributed by atoms with Crippen LogP contribution >= 0.6 is 0 Å². The molecule has 0 aromatic rings. The molecular weight excluding hydrogens is 194 g/mol. The maximum Gasteiger partial charge on any atom is 0.0441 e. The van der Waals surface area contributed by atoms with Crippen LogP contribution in [0, 0.1) is 5.92 Å². The molecule has 1 fully saturated rings. The molecule has 0 aromatic carbocycles. The monoisotopic (exact) mass is 217 g/mol. The van der Waals surface area contributed by atoms with Gasteiger partial charge in [-0.1, -0.05) is 19.8 Å². The van der Waals surface area contributed by atoms with E-state index < -0.39 is 10.8 Å². The van der Waals surface area contributed by atoms with Gasteiger partial charge in [-0.3, -0.25) is 4.21 Å². The van der Waals surface area contributed by atoms with Gasteiger partial charge in [0.25, 0.3) is 0 Å². The van der Waals surface area contributed by atoms with Crippen LogP contribution in [0.15, 0.2) is 0 Å². The summed E-state index contributed by atoms with van der Waals surface area (Å²) in [4.78, 5) is 0. The minimum absolute atomic E-state index is 0.282. The molecule has 4 unspecified atom stereocenters. The first kappa shape index (κ1) is 12.2. The van der Waals surface area contributed by atoms with Crippen molar-refractivity contribution in [3.8, 4) is 0 Å². The zero-order chi connectivity index (χ0) is 10.6. The molecular formula is C11H23NOS. The smallest absolute Gasteiger partial charge is 0.0441 e. The van der Waals surface area contributed by atoms with Gasteiger partial charge in [0, 0.05) is 34.9 Å². The van der Waals surface area contributed by atoms with Crippen LogP contribution in [0.1, 0.15) is 39.5 Å². The quantitative estimate of drug-likeness (QED) is 0.779. The standard InChI is InChI=1S/C11H23NOS/c1-9-6-4-5-7-11(9)12-8-10(2)14(3)13/h9-12H,4-8H2,1-3H3. The van der Waals surface area contributed by atoms with Crippen LogP contribution in [-0.2, 0) is 10.8 Å². The van der Waals surface area contributed by atoms with E-state index in [0.29, 0.717) is 6.04 Å². The Bertz CT molecular complexity index is 196. The molecule has 0 spiro atoms. The molecule has 0 aromatic heterocycles. The number of hydrogen-bond donors (Lipinski definition) is 1. The number of hydrogen-bond acceptors (Lipinski definition) is 2. The third-order valence-electron chi connectivity index (χ3n) is 3.35. The SMILES string of the molecule is CC1CCCCC1NCC(C)S(C)=O. The molecule has 1 aliphatic carbocycles. The Balaban J connectivity index is 2.25. The van der Waals surface area contributed by atoms with Crippen LogP contribution in [0.5, 0.6) is 0 Å². The molecule has 2 nitrogen and oxygen atoms in total. The van der Waals surface area contributed by atoms with Gasteiger partial charge in [-0.2, -0.15) is 0 Å². The van der Waals surface area contributed by atoms with E-state index >= 15 is 0 Å². The van der Waals surface area contributed by atoms with E-state index in [2.05, 4.69) is 19.2 Å². The van der Waals surface area contributed by atoms with Crippen LogP contribution in [0.4, 0.5) is 0 Å². The third kappa shape index (κ3) is 3.70. The average Bonchev–Trinajstić information content (AvgIpc) is 2.16. The fraction of sp³-hybridized carbons (Fsp3) is 1.00. The predicted octanol–water partition coefficient (Wildman–Crippen LogP) is 1.92. The summed E-state index contributed by atoms with van der Waals surface area (Å²) in [7, 11) is -0.688. The molecule has 1 saturated carbocycles. The molecule has 1 rings (SSSR count). The Morgan fingerprint density at radius 2 is 2.07 bits per heavy atom. The van der Waals surface area contributed by atoms with Crippen molar-refractivity contribution in [1.29, 1.82) is 0 Å². The van der Waals surface area contributed by atoms with E-state index in [1.54, 1.807) is 6.26 Å². The van der Waals surface area contributed by atoms with Gasteiger partial charge in [0.1, 0.15) is 0 Å². The Morgan fingerprint density at radius 3 is 2.64 bits per heavy atom. The van der Waals surface area contributed by atoms with Crippen LogP contribution in [0.25, 0.3) is 0 Å². The highest BCUT2D eigenvalue weighted by molar-refractivity contribution is 7.84. The maximum absolute atomic E-state index is 11.2. The fourth-order valence-electron chi connectivity index (χ4n) is 2.05. The van der Waals surface area contributed by atoms with E-state index in [1.807, 2.05) is 0 Å². The highest BCUT2D eigenvalue weighted by Crippen LogP contribution is 2.23. The van der Waals surface area contributed by atoms with Crippen molar-refractivity contribution in [3.05, 3.63) is 0 Å². The van der Waals surface area contributed by atoms with Gasteiger partial charge in [0.2, 0.25) is 0 Å². The minimum Gasteiger partial charge on any atom is -0.313 e. The molecule has 3 heteroatoms. The number of rotatable bonds is 4. The van der Waals surface area contributed by atoms with Crippen molar-refractivity contribution in [2.24, 2.45) is 5.92 Å². The van der Waals surface area contributed by atoms with Gasteiger partial charge >= 0.3 is 0 Å². The first-order valence-electron chi connectivity index (χ1n) is 5.67. The van der Waals surface area contributed by atoms with Crippen LogP contribution in [0.3, 0.4) is 0 Å². The van der Waals surface area contributed by atoms with Gasteiger partial charge in [-0.05, 0) is 25.7 Å². The third-order valence-corrected chi connectivity index (χ3v) is 4.65. The summed E-state index contributed by atoms with van der Waals surface area (Å²) in [6.45, 7) is 5.28. The van der Waals surface area contributed by atoms with Crippen molar-refractivity contribution < 1.29 is 4.21 Å². The lowest BCUT2D eigenvalue weighted by molar-refractivity contribution is 0.282. The van der Waals surface area contributed by atoms with Gasteiger partial charge in [-0.15, -0.1) is 0 Å². The summed E-state index contributed by atoms with van der Waals surface area (Å²) in [5.74, 6) is 0.793. The summed E-state index contributed by atoms with van der Waals surface area (Å²) < 4.78 is 11.2. The second kappa shape index (κ2) is 5.86. The van der Waals surface area contributed by atoms with Crippen LogP contribution in [-0.4, -0.2) is 28.3 Å². The second-order valence-corrected chi connectivity index (χ2v) is 6.39. The van der Waals surface area contributed by atoms with E-state index in [-0.39, 0.29) is 5.25 Å². The molecule has 84 valence electrons. The molecule has 4 atom stereocenters. The van der Waals surface area contributed by atoms with Gasteiger partial charge in [-0.25, -0.2) is 0 Å². The minimum atomic E-state index is -0.688. The molecule has 0 amide bonds. The van der Waals surface area contributed by atoms with Crippen molar-refractivity contribution in [1.82, 2.24) is 5.32 Å². The molecule has 0 saturated heterocycles. The topological polar surface area (TPSA) is 29.1 Å². The van der Waals surface area contributed by atoms with E-state index in [9.17, 15) is 4.21 Å². The zero-order valence-corrected chi connectivity index (χ0v) is 10.4. The highest BCUT2D eigenvalue weighted by Gasteiger charge is 2.21. The molecule has 0 bridgehead atoms. The van der Waals surface area contributed by atoms with Crippen LogP contribution < -0.4 is 5.32 Å². The summed E-state index contributed by atoms with van der Waals surface area (Å²) >= 11 is 0.